The van der Waals surface area contributed by atoms with Crippen molar-refractivity contribution in [3.8, 4) is 6.07 Å². The molecule has 1 fully saturated rings. The standard InChI is InChI=1S/C11H18N2O/c1-3-9(2)7-11(14)13-6-4-5-10(13)8-12/h9-10H,3-7H2,1-2H3/t9?,10-/m0/s1. The molecule has 0 aromatic rings. The summed E-state index contributed by atoms with van der Waals surface area (Å²) in [5, 5.41) is 8.83. The third-order valence-corrected chi connectivity index (χ3v) is 2.94. The number of hydrogen-bond donors (Lipinski definition) is 0. The molecule has 0 radical (unpaired) electrons. The van der Waals surface area contributed by atoms with E-state index >= 15 is 0 Å². The Hall–Kier alpha value is -1.04. The fraction of sp³-hybridized carbons (Fsp3) is 0.818. The van der Waals surface area contributed by atoms with E-state index in [1.807, 2.05) is 0 Å². The van der Waals surface area contributed by atoms with Gasteiger partial charge in [-0.15, -0.1) is 0 Å². The van der Waals surface area contributed by atoms with E-state index in [9.17, 15) is 4.79 Å². The molecule has 1 amide bonds. The van der Waals surface area contributed by atoms with Crippen LogP contribution >= 0.6 is 0 Å². The predicted octanol–water partition coefficient (Wildman–Crippen LogP) is 1.94. The zero-order valence-corrected chi connectivity index (χ0v) is 8.99. The molecule has 1 aliphatic rings. The van der Waals surface area contributed by atoms with Crippen molar-refractivity contribution in [2.24, 2.45) is 5.92 Å². The minimum atomic E-state index is -0.161. The molecule has 1 heterocycles. The van der Waals surface area contributed by atoms with Gasteiger partial charge in [-0.2, -0.15) is 5.26 Å². The maximum absolute atomic E-state index is 11.8. The van der Waals surface area contributed by atoms with Crippen molar-refractivity contribution >= 4 is 5.91 Å². The smallest absolute Gasteiger partial charge is 0.223 e. The zero-order valence-electron chi connectivity index (χ0n) is 8.99. The van der Waals surface area contributed by atoms with Crippen LogP contribution in [0.2, 0.25) is 0 Å². The van der Waals surface area contributed by atoms with Crippen molar-refractivity contribution < 1.29 is 4.79 Å². The van der Waals surface area contributed by atoms with Crippen molar-refractivity contribution in [2.45, 2.75) is 45.6 Å². The van der Waals surface area contributed by atoms with E-state index in [0.717, 1.165) is 25.8 Å². The van der Waals surface area contributed by atoms with E-state index in [1.54, 1.807) is 4.90 Å². The molecule has 3 nitrogen and oxygen atoms in total. The van der Waals surface area contributed by atoms with Gasteiger partial charge in [0.2, 0.25) is 5.91 Å². The second-order valence-electron chi connectivity index (χ2n) is 4.09. The van der Waals surface area contributed by atoms with Gasteiger partial charge < -0.3 is 4.90 Å². The second-order valence-corrected chi connectivity index (χ2v) is 4.09. The molecule has 0 bridgehead atoms. The van der Waals surface area contributed by atoms with E-state index in [-0.39, 0.29) is 11.9 Å². The molecule has 1 unspecified atom stereocenters. The number of nitriles is 1. The largest absolute Gasteiger partial charge is 0.327 e. The lowest BCUT2D eigenvalue weighted by atomic mass is 10.0. The van der Waals surface area contributed by atoms with Crippen LogP contribution < -0.4 is 0 Å². The van der Waals surface area contributed by atoms with Gasteiger partial charge in [-0.1, -0.05) is 20.3 Å². The zero-order chi connectivity index (χ0) is 10.6. The minimum Gasteiger partial charge on any atom is -0.327 e. The predicted molar refractivity (Wildman–Crippen MR) is 54.4 cm³/mol. The summed E-state index contributed by atoms with van der Waals surface area (Å²) in [4.78, 5) is 13.5. The van der Waals surface area contributed by atoms with E-state index in [1.165, 1.54) is 0 Å². The van der Waals surface area contributed by atoms with Crippen molar-refractivity contribution in [3.05, 3.63) is 0 Å². The lowest BCUT2D eigenvalue weighted by Gasteiger charge is -2.21. The van der Waals surface area contributed by atoms with Crippen molar-refractivity contribution in [3.63, 3.8) is 0 Å². The Balaban J connectivity index is 2.48. The minimum absolute atomic E-state index is 0.156. The molecule has 2 atom stereocenters. The maximum Gasteiger partial charge on any atom is 0.223 e. The topological polar surface area (TPSA) is 44.1 Å². The first-order chi connectivity index (χ1) is 6.69. The van der Waals surface area contributed by atoms with Gasteiger partial charge in [0.15, 0.2) is 0 Å². The summed E-state index contributed by atoms with van der Waals surface area (Å²) in [5.74, 6) is 0.589. The molecule has 0 N–H and O–H groups in total. The van der Waals surface area contributed by atoms with Gasteiger partial charge in [0.1, 0.15) is 6.04 Å². The number of likely N-dealkylation sites (tertiary alicyclic amines) is 1. The molecule has 14 heavy (non-hydrogen) atoms. The Kier molecular flexibility index (Phi) is 3.94. The van der Waals surface area contributed by atoms with Crippen LogP contribution in [0.3, 0.4) is 0 Å². The summed E-state index contributed by atoms with van der Waals surface area (Å²) in [6.45, 7) is 4.94. The van der Waals surface area contributed by atoms with Crippen LogP contribution in [-0.2, 0) is 4.79 Å². The Morgan fingerprint density at radius 1 is 1.71 bits per heavy atom. The lowest BCUT2D eigenvalue weighted by molar-refractivity contribution is -0.132. The fourth-order valence-corrected chi connectivity index (χ4v) is 1.76. The van der Waals surface area contributed by atoms with Gasteiger partial charge >= 0.3 is 0 Å². The summed E-state index contributed by atoms with van der Waals surface area (Å²) >= 11 is 0. The lowest BCUT2D eigenvalue weighted by Crippen LogP contribution is -2.35. The van der Waals surface area contributed by atoms with E-state index in [0.29, 0.717) is 12.3 Å². The molecule has 0 aromatic carbocycles. The Bertz CT molecular complexity index is 244. The summed E-state index contributed by atoms with van der Waals surface area (Å²) in [6.07, 6.45) is 3.44. The number of nitrogens with zero attached hydrogens (tertiary/aromatic N) is 2. The van der Waals surface area contributed by atoms with E-state index < -0.39 is 0 Å². The molecule has 0 aromatic heterocycles. The number of carbonyl (C=O) groups excluding carboxylic acids is 1. The Labute approximate surface area is 85.7 Å². The number of rotatable bonds is 3. The van der Waals surface area contributed by atoms with Crippen LogP contribution in [0.15, 0.2) is 0 Å². The number of amides is 1. The molecule has 0 saturated carbocycles. The fourth-order valence-electron chi connectivity index (χ4n) is 1.76. The summed E-state index contributed by atoms with van der Waals surface area (Å²) < 4.78 is 0. The molecule has 0 spiro atoms. The number of hydrogen-bond acceptors (Lipinski definition) is 2. The van der Waals surface area contributed by atoms with Crippen LogP contribution in [0.1, 0.15) is 39.5 Å². The van der Waals surface area contributed by atoms with Crippen molar-refractivity contribution in [1.82, 2.24) is 4.90 Å². The SMILES string of the molecule is CCC(C)CC(=O)N1CCC[C@H]1C#N. The first-order valence-electron chi connectivity index (χ1n) is 5.38. The first-order valence-corrected chi connectivity index (χ1v) is 5.38. The monoisotopic (exact) mass is 194 g/mol. The normalized spacial score (nSPS) is 23.2. The summed E-state index contributed by atoms with van der Waals surface area (Å²) in [7, 11) is 0. The van der Waals surface area contributed by atoms with Crippen molar-refractivity contribution in [1.29, 1.82) is 5.26 Å². The van der Waals surface area contributed by atoms with Crippen LogP contribution in [0, 0.1) is 17.2 Å². The maximum atomic E-state index is 11.8. The highest BCUT2D eigenvalue weighted by molar-refractivity contribution is 5.77. The molecule has 3 heteroatoms. The van der Waals surface area contributed by atoms with Gasteiger partial charge in [-0.05, 0) is 18.8 Å². The highest BCUT2D eigenvalue weighted by Crippen LogP contribution is 2.19. The van der Waals surface area contributed by atoms with Gasteiger partial charge in [0, 0.05) is 13.0 Å². The van der Waals surface area contributed by atoms with Crippen LogP contribution in [0.4, 0.5) is 0 Å². The first kappa shape index (κ1) is 11.0. The van der Waals surface area contributed by atoms with Crippen LogP contribution in [0.25, 0.3) is 0 Å². The highest BCUT2D eigenvalue weighted by Gasteiger charge is 2.28. The summed E-state index contributed by atoms with van der Waals surface area (Å²) in [5.41, 5.74) is 0. The molecular weight excluding hydrogens is 176 g/mol. The van der Waals surface area contributed by atoms with E-state index in [4.69, 9.17) is 5.26 Å². The summed E-state index contributed by atoms with van der Waals surface area (Å²) in [6, 6.07) is 2.03. The highest BCUT2D eigenvalue weighted by atomic mass is 16.2. The van der Waals surface area contributed by atoms with Crippen molar-refractivity contribution in [2.75, 3.05) is 6.54 Å². The van der Waals surface area contributed by atoms with Crippen LogP contribution in [0.5, 0.6) is 0 Å². The van der Waals surface area contributed by atoms with Gasteiger partial charge in [0.05, 0.1) is 6.07 Å². The molecule has 1 rings (SSSR count). The molecular formula is C11H18N2O. The van der Waals surface area contributed by atoms with Crippen LogP contribution in [-0.4, -0.2) is 23.4 Å². The number of carbonyl (C=O) groups is 1. The van der Waals surface area contributed by atoms with Gasteiger partial charge in [-0.25, -0.2) is 0 Å². The van der Waals surface area contributed by atoms with Gasteiger partial charge in [-0.3, -0.25) is 4.79 Å². The molecule has 0 aliphatic carbocycles. The third kappa shape index (κ3) is 2.47. The third-order valence-electron chi connectivity index (χ3n) is 2.94. The average molecular weight is 194 g/mol. The average Bonchev–Trinajstić information content (AvgIpc) is 2.65. The molecule has 1 aliphatic heterocycles. The Morgan fingerprint density at radius 3 is 3.00 bits per heavy atom. The molecule has 78 valence electrons. The molecule has 1 saturated heterocycles. The quantitative estimate of drug-likeness (QED) is 0.689. The second kappa shape index (κ2) is 4.99. The Morgan fingerprint density at radius 2 is 2.43 bits per heavy atom. The van der Waals surface area contributed by atoms with E-state index in [2.05, 4.69) is 19.9 Å². The van der Waals surface area contributed by atoms with Gasteiger partial charge in [0.25, 0.3) is 0 Å².